The standard InChI is InChI=1S/C5H7BrO3/c6-3-1-2-4(7)5(8)9/h1-3H2,(H,8,9)/p-1. The molecule has 0 heterocycles. The third-order valence-electron chi connectivity index (χ3n) is 0.765. The molecule has 4 heteroatoms. The van der Waals surface area contributed by atoms with Crippen LogP contribution < -0.4 is 5.11 Å². The molecule has 0 N–H and O–H groups in total. The summed E-state index contributed by atoms with van der Waals surface area (Å²) in [6.07, 6.45) is 0.612. The Labute approximate surface area is 61.2 Å². The Hall–Kier alpha value is -0.380. The summed E-state index contributed by atoms with van der Waals surface area (Å²) in [6, 6.07) is 0. The number of carbonyl (C=O) groups is 2. The van der Waals surface area contributed by atoms with Crippen LogP contribution >= 0.6 is 15.9 Å². The summed E-state index contributed by atoms with van der Waals surface area (Å²) in [7, 11) is 0. The van der Waals surface area contributed by atoms with Gasteiger partial charge in [-0.15, -0.1) is 0 Å². The molecule has 52 valence electrons. The van der Waals surface area contributed by atoms with Gasteiger partial charge in [0, 0.05) is 11.8 Å². The fourth-order valence-electron chi connectivity index (χ4n) is 0.329. The van der Waals surface area contributed by atoms with Gasteiger partial charge in [-0.2, -0.15) is 0 Å². The molecule has 9 heavy (non-hydrogen) atoms. The van der Waals surface area contributed by atoms with Crippen LogP contribution in [0.1, 0.15) is 12.8 Å². The molecule has 0 bridgehead atoms. The second-order valence-electron chi connectivity index (χ2n) is 1.50. The third kappa shape index (κ3) is 4.14. The molecule has 0 rings (SSSR count). The minimum absolute atomic E-state index is 0.0631. The highest BCUT2D eigenvalue weighted by Crippen LogP contribution is 1.93. The van der Waals surface area contributed by atoms with Crippen LogP contribution in [0.2, 0.25) is 0 Å². The van der Waals surface area contributed by atoms with Crippen LogP contribution in [0.15, 0.2) is 0 Å². The second kappa shape index (κ2) is 4.49. The molecule has 0 fully saturated rings. The summed E-state index contributed by atoms with van der Waals surface area (Å²) in [5.41, 5.74) is 0. The van der Waals surface area contributed by atoms with Crippen LogP contribution in [0.25, 0.3) is 0 Å². The number of carboxylic acid groups (broad SMARTS) is 1. The van der Waals surface area contributed by atoms with Crippen molar-refractivity contribution in [3.05, 3.63) is 0 Å². The average molecular weight is 194 g/mol. The third-order valence-corrected chi connectivity index (χ3v) is 1.33. The van der Waals surface area contributed by atoms with Crippen molar-refractivity contribution in [2.45, 2.75) is 12.8 Å². The van der Waals surface area contributed by atoms with Crippen LogP contribution in [-0.4, -0.2) is 17.1 Å². The number of hydrogen-bond donors (Lipinski definition) is 0. The summed E-state index contributed by atoms with van der Waals surface area (Å²) < 4.78 is 0. The lowest BCUT2D eigenvalue weighted by Crippen LogP contribution is -2.31. The molecule has 0 saturated heterocycles. The fourth-order valence-corrected chi connectivity index (χ4v) is 0.610. The zero-order valence-corrected chi connectivity index (χ0v) is 6.31. The maximum Gasteiger partial charge on any atom is 0.178 e. The number of halogens is 1. The van der Waals surface area contributed by atoms with E-state index in [9.17, 15) is 14.7 Å². The van der Waals surface area contributed by atoms with E-state index >= 15 is 0 Å². The topological polar surface area (TPSA) is 57.2 Å². The zero-order valence-electron chi connectivity index (χ0n) is 4.72. The number of hydrogen-bond acceptors (Lipinski definition) is 3. The SMILES string of the molecule is O=C([O-])C(=O)CCCBr. The van der Waals surface area contributed by atoms with Crippen LogP contribution in [0.4, 0.5) is 0 Å². The van der Waals surface area contributed by atoms with Crippen molar-refractivity contribution < 1.29 is 14.7 Å². The Morgan fingerprint density at radius 3 is 2.33 bits per heavy atom. The maximum absolute atomic E-state index is 10.2. The Balaban J connectivity index is 3.39. The quantitative estimate of drug-likeness (QED) is 0.447. The monoisotopic (exact) mass is 193 g/mol. The van der Waals surface area contributed by atoms with Gasteiger partial charge < -0.3 is 9.90 Å². The average Bonchev–Trinajstić information content (AvgIpc) is 1.82. The molecule has 0 amide bonds. The van der Waals surface area contributed by atoms with Gasteiger partial charge in [-0.3, -0.25) is 4.79 Å². The van der Waals surface area contributed by atoms with Gasteiger partial charge >= 0.3 is 0 Å². The molecule has 0 aromatic rings. The fraction of sp³-hybridized carbons (Fsp3) is 0.600. The summed E-state index contributed by atoms with van der Waals surface area (Å²) in [6.45, 7) is 0. The van der Waals surface area contributed by atoms with Crippen LogP contribution in [-0.2, 0) is 9.59 Å². The first-order valence-electron chi connectivity index (χ1n) is 2.48. The lowest BCUT2D eigenvalue weighted by Gasteiger charge is -1.96. The Kier molecular flexibility index (Phi) is 4.30. The zero-order chi connectivity index (χ0) is 7.28. The van der Waals surface area contributed by atoms with Crippen LogP contribution in [0, 0.1) is 0 Å². The maximum atomic E-state index is 10.2. The number of ketones is 1. The van der Waals surface area contributed by atoms with Crippen molar-refractivity contribution >= 4 is 27.7 Å². The minimum atomic E-state index is -1.59. The number of Topliss-reactive ketones (excluding diaryl/α,β-unsaturated/α-hetero) is 1. The molecule has 3 nitrogen and oxygen atoms in total. The predicted molar refractivity (Wildman–Crippen MR) is 33.0 cm³/mol. The van der Waals surface area contributed by atoms with Gasteiger partial charge in [-0.1, -0.05) is 15.9 Å². The lowest BCUT2D eigenvalue weighted by molar-refractivity contribution is -0.300. The highest BCUT2D eigenvalue weighted by atomic mass is 79.9. The first-order valence-corrected chi connectivity index (χ1v) is 3.60. The minimum Gasteiger partial charge on any atom is -0.542 e. The lowest BCUT2D eigenvalue weighted by atomic mass is 10.2. The van der Waals surface area contributed by atoms with Crippen molar-refractivity contribution in [3.63, 3.8) is 0 Å². The van der Waals surface area contributed by atoms with Crippen LogP contribution in [0.3, 0.4) is 0 Å². The number of carbonyl (C=O) groups excluding carboxylic acids is 2. The molecule has 0 spiro atoms. The van der Waals surface area contributed by atoms with Gasteiger partial charge in [-0.25, -0.2) is 0 Å². The number of rotatable bonds is 4. The van der Waals surface area contributed by atoms with E-state index in [1.807, 2.05) is 0 Å². The number of aliphatic carboxylic acids is 1. The van der Waals surface area contributed by atoms with Gasteiger partial charge in [0.1, 0.15) is 5.97 Å². The molecule has 0 aliphatic heterocycles. The molecular weight excluding hydrogens is 188 g/mol. The molecule has 0 unspecified atom stereocenters. The van der Waals surface area contributed by atoms with Gasteiger partial charge in [0.2, 0.25) is 0 Å². The summed E-state index contributed by atoms with van der Waals surface area (Å²) in [5, 5.41) is 10.4. The van der Waals surface area contributed by atoms with E-state index in [4.69, 9.17) is 0 Å². The molecule has 0 aliphatic carbocycles. The van der Waals surface area contributed by atoms with Crippen molar-refractivity contribution in [1.29, 1.82) is 0 Å². The summed E-state index contributed by atoms with van der Waals surface area (Å²) in [5.74, 6) is -2.41. The van der Waals surface area contributed by atoms with E-state index in [1.165, 1.54) is 0 Å². The first-order chi connectivity index (χ1) is 4.18. The van der Waals surface area contributed by atoms with E-state index in [0.717, 1.165) is 0 Å². The van der Waals surface area contributed by atoms with Crippen molar-refractivity contribution in [2.24, 2.45) is 0 Å². The predicted octanol–water partition coefficient (Wildman–Crippen LogP) is -0.520. The Bertz CT molecular complexity index is 121. The van der Waals surface area contributed by atoms with Gasteiger partial charge in [0.25, 0.3) is 0 Å². The molecular formula is C5H6BrO3-. The molecule has 0 aliphatic rings. The van der Waals surface area contributed by atoms with Gasteiger partial charge in [0.15, 0.2) is 5.78 Å². The number of carboxylic acids is 1. The Morgan fingerprint density at radius 1 is 1.44 bits per heavy atom. The van der Waals surface area contributed by atoms with Crippen LogP contribution in [0.5, 0.6) is 0 Å². The molecule has 0 aromatic heterocycles. The summed E-state index contributed by atoms with van der Waals surface area (Å²) in [4.78, 5) is 19.9. The second-order valence-corrected chi connectivity index (χ2v) is 2.30. The van der Waals surface area contributed by atoms with E-state index in [-0.39, 0.29) is 6.42 Å². The van der Waals surface area contributed by atoms with E-state index < -0.39 is 11.8 Å². The Morgan fingerprint density at radius 2 is 2.00 bits per heavy atom. The first kappa shape index (κ1) is 8.62. The summed E-state index contributed by atoms with van der Waals surface area (Å²) >= 11 is 3.06. The van der Waals surface area contributed by atoms with E-state index in [1.54, 1.807) is 0 Å². The van der Waals surface area contributed by atoms with Gasteiger partial charge in [0.05, 0.1) is 0 Å². The molecule has 0 radical (unpaired) electrons. The van der Waals surface area contributed by atoms with Crippen molar-refractivity contribution in [1.82, 2.24) is 0 Å². The smallest absolute Gasteiger partial charge is 0.178 e. The highest BCUT2D eigenvalue weighted by Gasteiger charge is 1.99. The normalized spacial score (nSPS) is 9.00. The molecule has 0 aromatic carbocycles. The number of alkyl halides is 1. The van der Waals surface area contributed by atoms with E-state index in [0.29, 0.717) is 11.8 Å². The van der Waals surface area contributed by atoms with Gasteiger partial charge in [-0.05, 0) is 6.42 Å². The molecule has 0 atom stereocenters. The largest absolute Gasteiger partial charge is 0.542 e. The highest BCUT2D eigenvalue weighted by molar-refractivity contribution is 9.09. The van der Waals surface area contributed by atoms with Crippen molar-refractivity contribution in [3.8, 4) is 0 Å². The van der Waals surface area contributed by atoms with Crippen molar-refractivity contribution in [2.75, 3.05) is 5.33 Å². The molecule has 0 saturated carbocycles. The van der Waals surface area contributed by atoms with E-state index in [2.05, 4.69) is 15.9 Å².